The molecule has 0 radical (unpaired) electrons. The fraction of sp³-hybridized carbons (Fsp3) is 0.812. The molecule has 1 aromatic heterocycles. The van der Waals surface area contributed by atoms with E-state index >= 15 is 0 Å². The summed E-state index contributed by atoms with van der Waals surface area (Å²) in [7, 11) is 0. The molecule has 1 N–H and O–H groups in total. The molecule has 0 aromatic carbocycles. The van der Waals surface area contributed by atoms with E-state index in [1.54, 1.807) is 0 Å². The van der Waals surface area contributed by atoms with Gasteiger partial charge in [-0.2, -0.15) is 0 Å². The third kappa shape index (κ3) is 3.02. The number of nitrogens with one attached hydrogen (secondary N) is 1. The van der Waals surface area contributed by atoms with Crippen LogP contribution in [0.15, 0.2) is 10.6 Å². The summed E-state index contributed by atoms with van der Waals surface area (Å²) >= 11 is 0. The van der Waals surface area contributed by atoms with Crippen LogP contribution in [0.25, 0.3) is 0 Å². The summed E-state index contributed by atoms with van der Waals surface area (Å²) in [6, 6.07) is 0. The monoisotopic (exact) mass is 262 g/mol. The summed E-state index contributed by atoms with van der Waals surface area (Å²) in [4.78, 5) is 4.46. The molecule has 2 aliphatic rings. The molecule has 0 bridgehead atoms. The fourth-order valence-corrected chi connectivity index (χ4v) is 3.67. The van der Waals surface area contributed by atoms with Crippen molar-refractivity contribution in [2.45, 2.75) is 57.8 Å². The van der Waals surface area contributed by atoms with Crippen molar-refractivity contribution < 1.29 is 4.42 Å². The second-order valence-electron chi connectivity index (χ2n) is 6.15. The molecule has 3 heteroatoms. The Bertz CT molecular complexity index is 389. The van der Waals surface area contributed by atoms with Crippen LogP contribution < -0.4 is 5.32 Å². The Morgan fingerprint density at radius 2 is 2.05 bits per heavy atom. The first-order valence-corrected chi connectivity index (χ1v) is 8.05. The van der Waals surface area contributed by atoms with Gasteiger partial charge in [0.2, 0.25) is 0 Å². The van der Waals surface area contributed by atoms with E-state index in [9.17, 15) is 0 Å². The Kier molecular flexibility index (Phi) is 4.21. The summed E-state index contributed by atoms with van der Waals surface area (Å²) in [6.07, 6.45) is 10.9. The molecule has 2 unspecified atom stereocenters. The Hall–Kier alpha value is -0.830. The quantitative estimate of drug-likeness (QED) is 0.764. The van der Waals surface area contributed by atoms with Crippen LogP contribution in [-0.2, 0) is 6.42 Å². The third-order valence-corrected chi connectivity index (χ3v) is 4.73. The standard InChI is InChI=1S/C16H26N2O/c1-2-9-17-10-5-8-15-18-11-14(19-15)16-12-6-3-4-7-13(12)16/h11-13,16-17H,2-10H2,1H3. The van der Waals surface area contributed by atoms with Crippen molar-refractivity contribution in [1.29, 1.82) is 0 Å². The predicted molar refractivity (Wildman–Crippen MR) is 76.2 cm³/mol. The van der Waals surface area contributed by atoms with E-state index in [1.807, 2.05) is 6.20 Å². The van der Waals surface area contributed by atoms with E-state index in [0.29, 0.717) is 5.92 Å². The molecule has 2 saturated carbocycles. The van der Waals surface area contributed by atoms with E-state index in [-0.39, 0.29) is 0 Å². The number of fused-ring (bicyclic) bond motifs is 1. The molecule has 19 heavy (non-hydrogen) atoms. The van der Waals surface area contributed by atoms with Gasteiger partial charge in [0.05, 0.1) is 6.20 Å². The van der Waals surface area contributed by atoms with Crippen molar-refractivity contribution in [3.63, 3.8) is 0 Å². The highest BCUT2D eigenvalue weighted by molar-refractivity contribution is 5.18. The van der Waals surface area contributed by atoms with Gasteiger partial charge >= 0.3 is 0 Å². The molecule has 0 spiro atoms. The number of nitrogens with zero attached hydrogens (tertiary/aromatic N) is 1. The molecule has 0 aliphatic heterocycles. The molecule has 2 fully saturated rings. The predicted octanol–water partition coefficient (Wildman–Crippen LogP) is 3.51. The van der Waals surface area contributed by atoms with Crippen LogP contribution in [-0.4, -0.2) is 18.1 Å². The maximum atomic E-state index is 5.97. The summed E-state index contributed by atoms with van der Waals surface area (Å²) in [5.41, 5.74) is 0. The number of oxazole rings is 1. The molecular formula is C16H26N2O. The van der Waals surface area contributed by atoms with Gasteiger partial charge in [-0.05, 0) is 50.6 Å². The molecule has 1 heterocycles. The zero-order valence-corrected chi connectivity index (χ0v) is 12.0. The summed E-state index contributed by atoms with van der Waals surface area (Å²) in [5.74, 6) is 4.66. The van der Waals surface area contributed by atoms with Gasteiger partial charge in [0.15, 0.2) is 5.89 Å². The summed E-state index contributed by atoms with van der Waals surface area (Å²) < 4.78 is 5.97. The van der Waals surface area contributed by atoms with Crippen molar-refractivity contribution in [1.82, 2.24) is 10.3 Å². The first-order valence-electron chi connectivity index (χ1n) is 8.05. The second kappa shape index (κ2) is 6.08. The van der Waals surface area contributed by atoms with Crippen LogP contribution >= 0.6 is 0 Å². The van der Waals surface area contributed by atoms with E-state index in [1.165, 1.54) is 37.9 Å². The SMILES string of the molecule is CCCNCCCc1ncc(C2C3CCCCC32)o1. The van der Waals surface area contributed by atoms with E-state index in [0.717, 1.165) is 43.7 Å². The summed E-state index contributed by atoms with van der Waals surface area (Å²) in [5, 5.41) is 3.42. The lowest BCUT2D eigenvalue weighted by atomic mass is 10.0. The number of aromatic nitrogens is 1. The molecule has 2 atom stereocenters. The average molecular weight is 262 g/mol. The van der Waals surface area contributed by atoms with Gasteiger partial charge in [0.25, 0.3) is 0 Å². The lowest BCUT2D eigenvalue weighted by Crippen LogP contribution is -2.16. The lowest BCUT2D eigenvalue weighted by molar-refractivity contribution is 0.440. The zero-order valence-electron chi connectivity index (χ0n) is 12.0. The van der Waals surface area contributed by atoms with Crippen LogP contribution in [0.5, 0.6) is 0 Å². The highest BCUT2D eigenvalue weighted by Crippen LogP contribution is 2.61. The van der Waals surface area contributed by atoms with Gasteiger partial charge in [0, 0.05) is 12.3 Å². The molecule has 3 rings (SSSR count). The molecule has 0 amide bonds. The van der Waals surface area contributed by atoms with Crippen LogP contribution in [0, 0.1) is 11.8 Å². The Labute approximate surface area is 116 Å². The molecule has 1 aromatic rings. The maximum Gasteiger partial charge on any atom is 0.194 e. The normalized spacial score (nSPS) is 29.2. The maximum absolute atomic E-state index is 5.97. The molecule has 3 nitrogen and oxygen atoms in total. The van der Waals surface area contributed by atoms with Crippen LogP contribution in [0.2, 0.25) is 0 Å². The fourth-order valence-electron chi connectivity index (χ4n) is 3.67. The Balaban J connectivity index is 1.45. The zero-order chi connectivity index (χ0) is 13.1. The first kappa shape index (κ1) is 13.2. The Morgan fingerprint density at radius 3 is 2.79 bits per heavy atom. The van der Waals surface area contributed by atoms with E-state index in [2.05, 4.69) is 17.2 Å². The lowest BCUT2D eigenvalue weighted by Gasteiger charge is -2.04. The van der Waals surface area contributed by atoms with Crippen molar-refractivity contribution in [3.8, 4) is 0 Å². The topological polar surface area (TPSA) is 38.1 Å². The summed E-state index contributed by atoms with van der Waals surface area (Å²) in [6.45, 7) is 4.38. The number of rotatable bonds is 7. The molecule has 2 aliphatic carbocycles. The Morgan fingerprint density at radius 1 is 1.26 bits per heavy atom. The van der Waals surface area contributed by atoms with Crippen molar-refractivity contribution in [2.75, 3.05) is 13.1 Å². The molecule has 106 valence electrons. The van der Waals surface area contributed by atoms with Crippen molar-refractivity contribution in [3.05, 3.63) is 17.8 Å². The van der Waals surface area contributed by atoms with Crippen molar-refractivity contribution >= 4 is 0 Å². The van der Waals surface area contributed by atoms with Gasteiger partial charge in [0.1, 0.15) is 5.76 Å². The van der Waals surface area contributed by atoms with E-state index in [4.69, 9.17) is 4.42 Å². The van der Waals surface area contributed by atoms with Crippen LogP contribution in [0.4, 0.5) is 0 Å². The third-order valence-electron chi connectivity index (χ3n) is 4.73. The van der Waals surface area contributed by atoms with E-state index < -0.39 is 0 Å². The smallest absolute Gasteiger partial charge is 0.194 e. The molecular weight excluding hydrogens is 236 g/mol. The minimum atomic E-state index is 0.710. The minimum absolute atomic E-state index is 0.710. The first-order chi connectivity index (χ1) is 9.40. The number of aryl methyl sites for hydroxylation is 1. The number of hydrogen-bond acceptors (Lipinski definition) is 3. The van der Waals surface area contributed by atoms with Gasteiger partial charge in [-0.15, -0.1) is 0 Å². The van der Waals surface area contributed by atoms with Gasteiger partial charge in [-0.3, -0.25) is 0 Å². The molecule has 0 saturated heterocycles. The number of hydrogen-bond donors (Lipinski definition) is 1. The van der Waals surface area contributed by atoms with Gasteiger partial charge in [-0.1, -0.05) is 19.8 Å². The average Bonchev–Trinajstić information content (AvgIpc) is 2.99. The van der Waals surface area contributed by atoms with Gasteiger partial charge < -0.3 is 9.73 Å². The largest absolute Gasteiger partial charge is 0.445 e. The van der Waals surface area contributed by atoms with Crippen LogP contribution in [0.1, 0.15) is 63.0 Å². The highest BCUT2D eigenvalue weighted by Gasteiger charge is 2.53. The minimum Gasteiger partial charge on any atom is -0.445 e. The highest BCUT2D eigenvalue weighted by atomic mass is 16.4. The second-order valence-corrected chi connectivity index (χ2v) is 6.15. The van der Waals surface area contributed by atoms with Gasteiger partial charge in [-0.25, -0.2) is 4.98 Å². The van der Waals surface area contributed by atoms with Crippen LogP contribution in [0.3, 0.4) is 0 Å². The van der Waals surface area contributed by atoms with Crippen molar-refractivity contribution in [2.24, 2.45) is 11.8 Å².